The first-order valence-corrected chi connectivity index (χ1v) is 7.22. The van der Waals surface area contributed by atoms with E-state index in [1.807, 2.05) is 14.0 Å². The zero-order chi connectivity index (χ0) is 14.1. The monoisotopic (exact) mass is 264 g/mol. The summed E-state index contributed by atoms with van der Waals surface area (Å²) in [6.07, 6.45) is 2.48. The van der Waals surface area contributed by atoms with Crippen LogP contribution in [-0.2, 0) is 6.54 Å². The molecule has 3 nitrogen and oxygen atoms in total. The second kappa shape index (κ2) is 8.94. The van der Waals surface area contributed by atoms with E-state index in [1.165, 1.54) is 24.0 Å². The van der Waals surface area contributed by atoms with Crippen molar-refractivity contribution in [3.05, 3.63) is 29.3 Å². The number of aryl methyl sites for hydroxylation is 1. The van der Waals surface area contributed by atoms with E-state index in [0.29, 0.717) is 0 Å². The Hall–Kier alpha value is -1.06. The first-order chi connectivity index (χ1) is 9.17. The number of nitrogens with zero attached hydrogens (tertiary/aromatic N) is 1. The molecule has 0 aliphatic rings. The van der Waals surface area contributed by atoms with Gasteiger partial charge >= 0.3 is 0 Å². The smallest absolute Gasteiger partial charge is 0.122 e. The van der Waals surface area contributed by atoms with Gasteiger partial charge in [-0.25, -0.2) is 0 Å². The van der Waals surface area contributed by atoms with Crippen molar-refractivity contribution in [2.75, 3.05) is 33.8 Å². The van der Waals surface area contributed by atoms with Gasteiger partial charge in [-0.2, -0.15) is 0 Å². The summed E-state index contributed by atoms with van der Waals surface area (Å²) in [5, 5.41) is 3.18. The summed E-state index contributed by atoms with van der Waals surface area (Å²) >= 11 is 0. The highest BCUT2D eigenvalue weighted by atomic mass is 16.5. The highest BCUT2D eigenvalue weighted by molar-refractivity contribution is 5.36. The van der Waals surface area contributed by atoms with Gasteiger partial charge in [-0.05, 0) is 71.1 Å². The van der Waals surface area contributed by atoms with Crippen molar-refractivity contribution < 1.29 is 4.74 Å². The van der Waals surface area contributed by atoms with Gasteiger partial charge in [0.2, 0.25) is 0 Å². The molecule has 0 saturated heterocycles. The van der Waals surface area contributed by atoms with E-state index >= 15 is 0 Å². The van der Waals surface area contributed by atoms with Gasteiger partial charge in [0, 0.05) is 6.54 Å². The van der Waals surface area contributed by atoms with Crippen molar-refractivity contribution in [3.63, 3.8) is 0 Å². The minimum absolute atomic E-state index is 0.728. The van der Waals surface area contributed by atoms with E-state index in [1.54, 1.807) is 0 Å². The van der Waals surface area contributed by atoms with E-state index in [2.05, 4.69) is 42.4 Å². The van der Waals surface area contributed by atoms with Gasteiger partial charge in [0.05, 0.1) is 6.61 Å². The van der Waals surface area contributed by atoms with E-state index in [0.717, 1.165) is 32.0 Å². The van der Waals surface area contributed by atoms with E-state index in [4.69, 9.17) is 4.74 Å². The Bertz CT molecular complexity index is 366. The summed E-state index contributed by atoms with van der Waals surface area (Å²) in [7, 11) is 4.19. The molecular weight excluding hydrogens is 236 g/mol. The molecule has 0 radical (unpaired) electrons. The van der Waals surface area contributed by atoms with E-state index < -0.39 is 0 Å². The predicted octanol–water partition coefficient (Wildman–Crippen LogP) is 2.83. The summed E-state index contributed by atoms with van der Waals surface area (Å²) in [5.41, 5.74) is 2.58. The van der Waals surface area contributed by atoms with Crippen molar-refractivity contribution in [3.8, 4) is 5.75 Å². The molecule has 0 spiro atoms. The number of benzene rings is 1. The molecule has 0 heterocycles. The number of hydrogen-bond acceptors (Lipinski definition) is 3. The number of hydrogen-bond donors (Lipinski definition) is 1. The van der Waals surface area contributed by atoms with Crippen LogP contribution in [-0.4, -0.2) is 38.7 Å². The van der Waals surface area contributed by atoms with E-state index in [-0.39, 0.29) is 0 Å². The van der Waals surface area contributed by atoms with Crippen LogP contribution in [0.15, 0.2) is 18.2 Å². The molecule has 1 rings (SSSR count). The maximum absolute atomic E-state index is 5.57. The first-order valence-electron chi connectivity index (χ1n) is 7.22. The summed E-state index contributed by atoms with van der Waals surface area (Å²) in [6, 6.07) is 6.49. The lowest BCUT2D eigenvalue weighted by molar-refractivity contribution is 0.317. The molecule has 0 atom stereocenters. The standard InChI is InChI=1S/C16H28N2O/c1-5-19-16-9-8-15(12-14(16)2)13-18(4)11-7-6-10-17-3/h8-9,12,17H,5-7,10-11,13H2,1-4H3. The molecule has 3 heteroatoms. The van der Waals surface area contributed by atoms with Crippen molar-refractivity contribution >= 4 is 0 Å². The molecular formula is C16H28N2O. The van der Waals surface area contributed by atoms with Crippen LogP contribution in [0.25, 0.3) is 0 Å². The first kappa shape index (κ1) is 16.0. The molecule has 1 aromatic carbocycles. The summed E-state index contributed by atoms with van der Waals surface area (Å²) < 4.78 is 5.57. The fourth-order valence-electron chi connectivity index (χ4n) is 2.20. The highest BCUT2D eigenvalue weighted by Crippen LogP contribution is 2.19. The molecule has 108 valence electrons. The Morgan fingerprint density at radius 1 is 1.26 bits per heavy atom. The van der Waals surface area contributed by atoms with Gasteiger partial charge in [-0.15, -0.1) is 0 Å². The minimum atomic E-state index is 0.728. The molecule has 0 amide bonds. The molecule has 0 aromatic heterocycles. The van der Waals surface area contributed by atoms with Crippen LogP contribution in [0.3, 0.4) is 0 Å². The summed E-state index contributed by atoms with van der Waals surface area (Å²) in [5.74, 6) is 1.00. The fourth-order valence-corrected chi connectivity index (χ4v) is 2.20. The lowest BCUT2D eigenvalue weighted by atomic mass is 10.1. The lowest BCUT2D eigenvalue weighted by Gasteiger charge is -2.17. The lowest BCUT2D eigenvalue weighted by Crippen LogP contribution is -2.20. The quantitative estimate of drug-likeness (QED) is 0.694. The Kier molecular flexibility index (Phi) is 7.53. The summed E-state index contributed by atoms with van der Waals surface area (Å²) in [6.45, 7) is 8.12. The zero-order valence-corrected chi connectivity index (χ0v) is 12.8. The van der Waals surface area contributed by atoms with Gasteiger partial charge in [-0.1, -0.05) is 12.1 Å². The van der Waals surface area contributed by atoms with Crippen LogP contribution in [0.4, 0.5) is 0 Å². The van der Waals surface area contributed by atoms with Gasteiger partial charge in [0.25, 0.3) is 0 Å². The highest BCUT2D eigenvalue weighted by Gasteiger charge is 2.03. The Balaban J connectivity index is 2.41. The predicted molar refractivity (Wildman–Crippen MR) is 81.8 cm³/mol. The van der Waals surface area contributed by atoms with Crippen LogP contribution in [0.2, 0.25) is 0 Å². The van der Waals surface area contributed by atoms with Crippen LogP contribution in [0.5, 0.6) is 5.75 Å². The van der Waals surface area contributed by atoms with Crippen molar-refractivity contribution in [2.45, 2.75) is 33.2 Å². The van der Waals surface area contributed by atoms with Crippen molar-refractivity contribution in [2.24, 2.45) is 0 Å². The number of unbranched alkanes of at least 4 members (excludes halogenated alkanes) is 1. The Morgan fingerprint density at radius 3 is 2.68 bits per heavy atom. The molecule has 1 aromatic rings. The Labute approximate surface area is 118 Å². The maximum Gasteiger partial charge on any atom is 0.122 e. The molecule has 1 N–H and O–H groups in total. The van der Waals surface area contributed by atoms with Gasteiger partial charge in [-0.3, -0.25) is 0 Å². The van der Waals surface area contributed by atoms with Gasteiger partial charge in [0.1, 0.15) is 5.75 Å². The van der Waals surface area contributed by atoms with Gasteiger partial charge in [0.15, 0.2) is 0 Å². The van der Waals surface area contributed by atoms with Crippen molar-refractivity contribution in [1.29, 1.82) is 0 Å². The topological polar surface area (TPSA) is 24.5 Å². The zero-order valence-electron chi connectivity index (χ0n) is 12.8. The number of rotatable bonds is 9. The molecule has 0 unspecified atom stereocenters. The van der Waals surface area contributed by atoms with E-state index in [9.17, 15) is 0 Å². The van der Waals surface area contributed by atoms with Crippen LogP contribution < -0.4 is 10.1 Å². The molecule has 0 bridgehead atoms. The largest absolute Gasteiger partial charge is 0.494 e. The molecule has 19 heavy (non-hydrogen) atoms. The molecule has 0 fully saturated rings. The third-order valence-electron chi connectivity index (χ3n) is 3.21. The fraction of sp³-hybridized carbons (Fsp3) is 0.625. The van der Waals surface area contributed by atoms with Crippen molar-refractivity contribution in [1.82, 2.24) is 10.2 Å². The molecule has 0 aliphatic heterocycles. The Morgan fingerprint density at radius 2 is 2.05 bits per heavy atom. The normalized spacial score (nSPS) is 11.0. The maximum atomic E-state index is 5.57. The van der Waals surface area contributed by atoms with Gasteiger partial charge < -0.3 is 15.0 Å². The third-order valence-corrected chi connectivity index (χ3v) is 3.21. The third kappa shape index (κ3) is 6.08. The average molecular weight is 264 g/mol. The average Bonchev–Trinajstić information content (AvgIpc) is 2.38. The number of nitrogens with one attached hydrogen (secondary N) is 1. The molecule has 0 saturated carbocycles. The summed E-state index contributed by atoms with van der Waals surface area (Å²) in [4.78, 5) is 2.38. The van der Waals surface area contributed by atoms with Crippen LogP contribution >= 0.6 is 0 Å². The van der Waals surface area contributed by atoms with Crippen LogP contribution in [0, 0.1) is 6.92 Å². The number of ether oxygens (including phenoxy) is 1. The molecule has 0 aliphatic carbocycles. The minimum Gasteiger partial charge on any atom is -0.494 e. The second-order valence-electron chi connectivity index (χ2n) is 5.08. The second-order valence-corrected chi connectivity index (χ2v) is 5.08. The SMILES string of the molecule is CCOc1ccc(CN(C)CCCCNC)cc1C. The van der Waals surface area contributed by atoms with Crippen LogP contribution in [0.1, 0.15) is 30.9 Å².